The maximum atomic E-state index is 3.50. The van der Waals surface area contributed by atoms with E-state index in [9.17, 15) is 0 Å². The van der Waals surface area contributed by atoms with Crippen molar-refractivity contribution in [2.45, 2.75) is 33.1 Å². The third-order valence-electron chi connectivity index (χ3n) is 4.16. The van der Waals surface area contributed by atoms with Gasteiger partial charge in [0.15, 0.2) is 0 Å². The average Bonchev–Trinajstić information content (AvgIpc) is 2.52. The first-order chi connectivity index (χ1) is 9.83. The number of likely N-dealkylation sites (N-methyl/N-ethyl adjacent to an activating group) is 1. The predicted molar refractivity (Wildman–Crippen MR) is 88.8 cm³/mol. The fraction of sp³-hybridized carbons (Fsp3) is 0.647. The maximum absolute atomic E-state index is 3.50. The summed E-state index contributed by atoms with van der Waals surface area (Å²) < 4.78 is 0. The van der Waals surface area contributed by atoms with Gasteiger partial charge >= 0.3 is 0 Å². The average molecular weight is 275 g/mol. The zero-order valence-electron chi connectivity index (χ0n) is 13.1. The van der Waals surface area contributed by atoms with Crippen molar-refractivity contribution in [2.75, 3.05) is 49.5 Å². The Bertz CT molecular complexity index is 366. The molecule has 1 saturated heterocycles. The monoisotopic (exact) mass is 275 g/mol. The third kappa shape index (κ3) is 4.41. The van der Waals surface area contributed by atoms with Crippen LogP contribution in [0.1, 0.15) is 33.1 Å². The molecule has 0 bridgehead atoms. The molecule has 0 aromatic heterocycles. The van der Waals surface area contributed by atoms with Crippen LogP contribution in [0.5, 0.6) is 0 Å². The molecule has 0 unspecified atom stereocenters. The summed E-state index contributed by atoms with van der Waals surface area (Å²) in [5.74, 6) is 0. The fourth-order valence-electron chi connectivity index (χ4n) is 2.72. The topological polar surface area (TPSA) is 18.5 Å². The number of hydrogen-bond acceptors (Lipinski definition) is 3. The van der Waals surface area contributed by atoms with E-state index in [1.54, 1.807) is 0 Å². The summed E-state index contributed by atoms with van der Waals surface area (Å²) in [6.07, 6.45) is 3.86. The first-order valence-electron chi connectivity index (χ1n) is 8.14. The Morgan fingerprint density at radius 1 is 0.950 bits per heavy atom. The molecule has 1 heterocycles. The number of anilines is 2. The molecule has 0 radical (unpaired) electrons. The van der Waals surface area contributed by atoms with Gasteiger partial charge in [-0.1, -0.05) is 26.7 Å². The highest BCUT2D eigenvalue weighted by Gasteiger charge is 2.15. The molecule has 1 N–H and O–H groups in total. The SMILES string of the molecule is CCCCCNc1ccc(N2CCN(CC)CC2)cc1. The number of piperazine rings is 1. The number of hydrogen-bond donors (Lipinski definition) is 1. The van der Waals surface area contributed by atoms with Crippen molar-refractivity contribution < 1.29 is 0 Å². The van der Waals surface area contributed by atoms with E-state index in [0.717, 1.165) is 19.6 Å². The second-order valence-electron chi connectivity index (χ2n) is 5.60. The Morgan fingerprint density at radius 3 is 2.25 bits per heavy atom. The zero-order chi connectivity index (χ0) is 14.2. The molecule has 1 aliphatic heterocycles. The van der Waals surface area contributed by atoms with Crippen LogP contribution in [0.3, 0.4) is 0 Å². The number of benzene rings is 1. The third-order valence-corrected chi connectivity index (χ3v) is 4.16. The molecule has 3 heteroatoms. The van der Waals surface area contributed by atoms with Crippen molar-refractivity contribution in [1.29, 1.82) is 0 Å². The molecule has 0 aliphatic carbocycles. The lowest BCUT2D eigenvalue weighted by Gasteiger charge is -2.35. The summed E-state index contributed by atoms with van der Waals surface area (Å²) in [6, 6.07) is 8.94. The van der Waals surface area contributed by atoms with Crippen LogP contribution in [0.2, 0.25) is 0 Å². The molecule has 1 fully saturated rings. The van der Waals surface area contributed by atoms with E-state index >= 15 is 0 Å². The number of nitrogens with zero attached hydrogens (tertiary/aromatic N) is 2. The van der Waals surface area contributed by atoms with E-state index < -0.39 is 0 Å². The van der Waals surface area contributed by atoms with Gasteiger partial charge in [-0.05, 0) is 37.2 Å². The minimum atomic E-state index is 1.09. The lowest BCUT2D eigenvalue weighted by atomic mass is 10.2. The highest BCUT2D eigenvalue weighted by atomic mass is 15.3. The van der Waals surface area contributed by atoms with E-state index in [1.807, 2.05) is 0 Å². The van der Waals surface area contributed by atoms with Gasteiger partial charge in [-0.15, -0.1) is 0 Å². The summed E-state index contributed by atoms with van der Waals surface area (Å²) in [5, 5.41) is 3.50. The van der Waals surface area contributed by atoms with E-state index in [0.29, 0.717) is 0 Å². The van der Waals surface area contributed by atoms with E-state index in [-0.39, 0.29) is 0 Å². The molecule has 2 rings (SSSR count). The minimum Gasteiger partial charge on any atom is -0.385 e. The number of rotatable bonds is 7. The Morgan fingerprint density at radius 2 is 1.65 bits per heavy atom. The van der Waals surface area contributed by atoms with Gasteiger partial charge in [-0.25, -0.2) is 0 Å². The highest BCUT2D eigenvalue weighted by Crippen LogP contribution is 2.19. The maximum Gasteiger partial charge on any atom is 0.0368 e. The van der Waals surface area contributed by atoms with Gasteiger partial charge in [-0.3, -0.25) is 0 Å². The highest BCUT2D eigenvalue weighted by molar-refractivity contribution is 5.55. The Hall–Kier alpha value is -1.22. The summed E-state index contributed by atoms with van der Waals surface area (Å²) in [7, 11) is 0. The van der Waals surface area contributed by atoms with Crippen molar-refractivity contribution in [3.05, 3.63) is 24.3 Å². The normalized spacial score (nSPS) is 16.4. The van der Waals surface area contributed by atoms with Gasteiger partial charge in [0.2, 0.25) is 0 Å². The second kappa shape index (κ2) is 8.15. The van der Waals surface area contributed by atoms with Crippen LogP contribution in [0.15, 0.2) is 24.3 Å². The summed E-state index contributed by atoms with van der Waals surface area (Å²) in [5.41, 5.74) is 2.61. The Labute approximate surface area is 124 Å². The minimum absolute atomic E-state index is 1.09. The van der Waals surface area contributed by atoms with Crippen LogP contribution in [-0.4, -0.2) is 44.2 Å². The molecule has 0 amide bonds. The summed E-state index contributed by atoms with van der Waals surface area (Å²) in [4.78, 5) is 5.01. The number of nitrogens with one attached hydrogen (secondary N) is 1. The molecule has 1 aromatic carbocycles. The lowest BCUT2D eigenvalue weighted by molar-refractivity contribution is 0.271. The van der Waals surface area contributed by atoms with E-state index in [1.165, 1.54) is 50.3 Å². The molecule has 0 saturated carbocycles. The Kier molecular flexibility index (Phi) is 6.19. The molecule has 1 aliphatic rings. The van der Waals surface area contributed by atoms with Gasteiger partial charge in [0.25, 0.3) is 0 Å². The molecule has 3 nitrogen and oxygen atoms in total. The van der Waals surface area contributed by atoms with Crippen molar-refractivity contribution in [3.63, 3.8) is 0 Å². The summed E-state index contributed by atoms with van der Waals surface area (Å²) in [6.45, 7) is 11.4. The van der Waals surface area contributed by atoms with Crippen molar-refractivity contribution in [1.82, 2.24) is 4.90 Å². The fourth-order valence-corrected chi connectivity index (χ4v) is 2.72. The van der Waals surface area contributed by atoms with Crippen LogP contribution in [0, 0.1) is 0 Å². The van der Waals surface area contributed by atoms with Crippen molar-refractivity contribution >= 4 is 11.4 Å². The van der Waals surface area contributed by atoms with Crippen molar-refractivity contribution in [2.24, 2.45) is 0 Å². The van der Waals surface area contributed by atoms with Crippen LogP contribution in [0.4, 0.5) is 11.4 Å². The smallest absolute Gasteiger partial charge is 0.0368 e. The van der Waals surface area contributed by atoms with Gasteiger partial charge in [-0.2, -0.15) is 0 Å². The summed E-state index contributed by atoms with van der Waals surface area (Å²) >= 11 is 0. The van der Waals surface area contributed by atoms with Gasteiger partial charge in [0.05, 0.1) is 0 Å². The largest absolute Gasteiger partial charge is 0.385 e. The standard InChI is InChI=1S/C17H29N3/c1-3-5-6-11-18-16-7-9-17(10-8-16)20-14-12-19(4-2)13-15-20/h7-10,18H,3-6,11-15H2,1-2H3. The molecule has 0 atom stereocenters. The number of unbranched alkanes of at least 4 members (excludes halogenated alkanes) is 2. The van der Waals surface area contributed by atoms with Crippen LogP contribution >= 0.6 is 0 Å². The van der Waals surface area contributed by atoms with Crippen LogP contribution in [-0.2, 0) is 0 Å². The van der Waals surface area contributed by atoms with Gasteiger partial charge in [0.1, 0.15) is 0 Å². The molecule has 112 valence electrons. The second-order valence-corrected chi connectivity index (χ2v) is 5.60. The van der Waals surface area contributed by atoms with Crippen LogP contribution in [0.25, 0.3) is 0 Å². The molecule has 20 heavy (non-hydrogen) atoms. The van der Waals surface area contributed by atoms with Gasteiger partial charge in [0, 0.05) is 44.1 Å². The molecular weight excluding hydrogens is 246 g/mol. The van der Waals surface area contributed by atoms with Crippen LogP contribution < -0.4 is 10.2 Å². The molecular formula is C17H29N3. The first-order valence-corrected chi connectivity index (χ1v) is 8.14. The molecule has 0 spiro atoms. The Balaban J connectivity index is 1.79. The quantitative estimate of drug-likeness (QED) is 0.769. The lowest BCUT2D eigenvalue weighted by Crippen LogP contribution is -2.46. The first kappa shape index (κ1) is 15.2. The van der Waals surface area contributed by atoms with Gasteiger partial charge < -0.3 is 15.1 Å². The van der Waals surface area contributed by atoms with E-state index in [2.05, 4.69) is 53.2 Å². The van der Waals surface area contributed by atoms with Crippen molar-refractivity contribution in [3.8, 4) is 0 Å². The predicted octanol–water partition coefficient (Wildman–Crippen LogP) is 3.43. The van der Waals surface area contributed by atoms with E-state index in [4.69, 9.17) is 0 Å². The zero-order valence-corrected chi connectivity index (χ0v) is 13.1. The molecule has 1 aromatic rings.